The van der Waals surface area contributed by atoms with Gasteiger partial charge in [-0.1, -0.05) is 54.6 Å². The molecule has 0 saturated carbocycles. The van der Waals surface area contributed by atoms with Gasteiger partial charge in [-0.3, -0.25) is 19.2 Å². The van der Waals surface area contributed by atoms with E-state index < -0.39 is 36.0 Å². The summed E-state index contributed by atoms with van der Waals surface area (Å²) < 4.78 is 0. The molecule has 1 aliphatic heterocycles. The van der Waals surface area contributed by atoms with E-state index in [9.17, 15) is 19.2 Å². The second-order valence-corrected chi connectivity index (χ2v) is 6.54. The van der Waals surface area contributed by atoms with Gasteiger partial charge in [-0.25, -0.2) is 0 Å². The zero-order chi connectivity index (χ0) is 20.1. The molecule has 2 aromatic carbocycles. The Morgan fingerprint density at radius 1 is 1.04 bits per heavy atom. The lowest BCUT2D eigenvalue weighted by Crippen LogP contribution is -2.52. The lowest BCUT2D eigenvalue weighted by atomic mass is 9.93. The summed E-state index contributed by atoms with van der Waals surface area (Å²) in [6.45, 7) is -0.143. The number of nitrogens with one attached hydrogen (secondary N) is 1. The van der Waals surface area contributed by atoms with Crippen molar-refractivity contribution in [2.24, 2.45) is 5.92 Å². The molecule has 1 aliphatic rings. The number of hydrogen-bond donors (Lipinski definition) is 2. The summed E-state index contributed by atoms with van der Waals surface area (Å²) in [4.78, 5) is 49.2. The third-order valence-corrected chi connectivity index (χ3v) is 4.65. The van der Waals surface area contributed by atoms with Crippen molar-refractivity contribution in [2.75, 3.05) is 13.1 Å². The summed E-state index contributed by atoms with van der Waals surface area (Å²) >= 11 is 0. The third-order valence-electron chi connectivity index (χ3n) is 4.65. The van der Waals surface area contributed by atoms with E-state index >= 15 is 0 Å². The number of nitrogens with zero attached hydrogens (tertiary/aromatic N) is 1. The zero-order valence-corrected chi connectivity index (χ0v) is 15.1. The molecule has 1 unspecified atom stereocenters. The first-order valence-corrected chi connectivity index (χ1v) is 8.91. The van der Waals surface area contributed by atoms with E-state index in [1.807, 2.05) is 54.6 Å². The summed E-state index contributed by atoms with van der Waals surface area (Å²) in [6, 6.07) is 17.4. The average molecular weight is 380 g/mol. The van der Waals surface area contributed by atoms with Crippen molar-refractivity contribution >= 4 is 23.6 Å². The first-order valence-electron chi connectivity index (χ1n) is 8.91. The minimum absolute atomic E-state index is 0.0599. The quantitative estimate of drug-likeness (QED) is 0.739. The second kappa shape index (κ2) is 8.47. The molecule has 1 atom stereocenters. The smallest absolute Gasteiger partial charge is 0.322 e. The maximum Gasteiger partial charge on any atom is 0.322 e. The summed E-state index contributed by atoms with van der Waals surface area (Å²) in [6.07, 6.45) is 0.0599. The van der Waals surface area contributed by atoms with Crippen molar-refractivity contribution in [1.29, 1.82) is 0 Å². The summed E-state index contributed by atoms with van der Waals surface area (Å²) in [5.74, 6) is -4.67. The standard InChI is InChI=1S/C21H20N2O5/c24-17-10-11-23(21(28)19(17)20(27)22-12-18(25)26)13-15-8-4-5-9-16(15)14-6-2-1-3-7-14/h1-9,19H,10-13H2,(H,22,27)(H,25,26). The minimum Gasteiger partial charge on any atom is -0.480 e. The van der Waals surface area contributed by atoms with Crippen molar-refractivity contribution in [1.82, 2.24) is 10.2 Å². The Bertz CT molecular complexity index is 910. The molecule has 1 heterocycles. The van der Waals surface area contributed by atoms with Crippen molar-refractivity contribution < 1.29 is 24.3 Å². The Labute approximate surface area is 162 Å². The van der Waals surface area contributed by atoms with Crippen LogP contribution < -0.4 is 5.32 Å². The Balaban J connectivity index is 1.80. The number of carboxylic acid groups (broad SMARTS) is 1. The molecule has 7 heteroatoms. The van der Waals surface area contributed by atoms with Gasteiger partial charge in [-0.05, 0) is 16.7 Å². The van der Waals surface area contributed by atoms with Gasteiger partial charge in [0.15, 0.2) is 11.7 Å². The van der Waals surface area contributed by atoms with E-state index in [2.05, 4.69) is 5.32 Å². The average Bonchev–Trinajstić information content (AvgIpc) is 2.69. The van der Waals surface area contributed by atoms with Crippen LogP contribution in [0.4, 0.5) is 0 Å². The molecular weight excluding hydrogens is 360 g/mol. The van der Waals surface area contributed by atoms with Gasteiger partial charge >= 0.3 is 5.97 Å². The molecule has 28 heavy (non-hydrogen) atoms. The van der Waals surface area contributed by atoms with Crippen LogP contribution in [0, 0.1) is 5.92 Å². The zero-order valence-electron chi connectivity index (χ0n) is 15.1. The fraction of sp³-hybridized carbons (Fsp3) is 0.238. The Hall–Kier alpha value is -3.48. The van der Waals surface area contributed by atoms with E-state index in [0.29, 0.717) is 0 Å². The number of carboxylic acids is 1. The number of carbonyl (C=O) groups is 4. The van der Waals surface area contributed by atoms with E-state index in [4.69, 9.17) is 5.11 Å². The first-order chi connectivity index (χ1) is 13.5. The Morgan fingerprint density at radius 3 is 2.43 bits per heavy atom. The van der Waals surface area contributed by atoms with Crippen molar-refractivity contribution in [3.05, 3.63) is 60.2 Å². The number of benzene rings is 2. The van der Waals surface area contributed by atoms with Gasteiger partial charge in [-0.15, -0.1) is 0 Å². The molecule has 0 radical (unpaired) electrons. The van der Waals surface area contributed by atoms with Crippen LogP contribution in [0.2, 0.25) is 0 Å². The second-order valence-electron chi connectivity index (χ2n) is 6.54. The maximum atomic E-state index is 12.8. The SMILES string of the molecule is O=C(O)CNC(=O)C1C(=O)CCN(Cc2ccccc2-c2ccccc2)C1=O. The van der Waals surface area contributed by atoms with Gasteiger partial charge < -0.3 is 15.3 Å². The lowest BCUT2D eigenvalue weighted by molar-refractivity contribution is -0.152. The van der Waals surface area contributed by atoms with Crippen LogP contribution in [0.15, 0.2) is 54.6 Å². The number of piperidine rings is 1. The van der Waals surface area contributed by atoms with Crippen LogP contribution in [0.5, 0.6) is 0 Å². The van der Waals surface area contributed by atoms with Gasteiger partial charge in [-0.2, -0.15) is 0 Å². The molecule has 2 aromatic rings. The molecule has 144 valence electrons. The maximum absolute atomic E-state index is 12.8. The molecule has 7 nitrogen and oxygen atoms in total. The number of amides is 2. The number of Topliss-reactive ketones (excluding diaryl/α,β-unsaturated/α-hetero) is 1. The highest BCUT2D eigenvalue weighted by Gasteiger charge is 2.40. The van der Waals surface area contributed by atoms with Crippen LogP contribution in [-0.4, -0.2) is 46.7 Å². The number of likely N-dealkylation sites (tertiary alicyclic amines) is 1. The molecule has 2 amide bonds. The van der Waals surface area contributed by atoms with Crippen molar-refractivity contribution in [3.63, 3.8) is 0 Å². The minimum atomic E-state index is -1.49. The highest BCUT2D eigenvalue weighted by molar-refractivity contribution is 6.19. The molecule has 3 rings (SSSR count). The van der Waals surface area contributed by atoms with Gasteiger partial charge in [0.25, 0.3) is 0 Å². The normalized spacial score (nSPS) is 16.7. The van der Waals surface area contributed by atoms with Crippen LogP contribution in [0.1, 0.15) is 12.0 Å². The van der Waals surface area contributed by atoms with Crippen LogP contribution >= 0.6 is 0 Å². The number of rotatable bonds is 6. The number of aliphatic carboxylic acids is 1. The monoisotopic (exact) mass is 380 g/mol. The molecule has 0 aromatic heterocycles. The molecule has 0 bridgehead atoms. The topological polar surface area (TPSA) is 104 Å². The van der Waals surface area contributed by atoms with Crippen LogP contribution in [0.3, 0.4) is 0 Å². The van der Waals surface area contributed by atoms with Crippen molar-refractivity contribution in [2.45, 2.75) is 13.0 Å². The molecule has 1 fully saturated rings. The summed E-state index contributed by atoms with van der Waals surface area (Å²) in [7, 11) is 0. The highest BCUT2D eigenvalue weighted by atomic mass is 16.4. The third kappa shape index (κ3) is 4.25. The van der Waals surface area contributed by atoms with Gasteiger partial charge in [0.1, 0.15) is 6.54 Å². The van der Waals surface area contributed by atoms with Crippen molar-refractivity contribution in [3.8, 4) is 11.1 Å². The molecular formula is C21H20N2O5. The predicted molar refractivity (Wildman–Crippen MR) is 101 cm³/mol. The van der Waals surface area contributed by atoms with E-state index in [1.54, 1.807) is 0 Å². The van der Waals surface area contributed by atoms with Gasteiger partial charge in [0, 0.05) is 19.5 Å². The number of hydrogen-bond acceptors (Lipinski definition) is 4. The molecule has 0 aliphatic carbocycles. The summed E-state index contributed by atoms with van der Waals surface area (Å²) in [5, 5.41) is 10.8. The predicted octanol–water partition coefficient (Wildman–Crippen LogP) is 1.47. The lowest BCUT2D eigenvalue weighted by Gasteiger charge is -2.31. The molecule has 2 N–H and O–H groups in total. The number of carbonyl (C=O) groups excluding carboxylic acids is 3. The molecule has 0 spiro atoms. The Kier molecular flexibility index (Phi) is 5.84. The molecule has 1 saturated heterocycles. The van der Waals surface area contributed by atoms with E-state index in [0.717, 1.165) is 16.7 Å². The fourth-order valence-corrected chi connectivity index (χ4v) is 3.26. The largest absolute Gasteiger partial charge is 0.480 e. The Morgan fingerprint density at radius 2 is 1.71 bits per heavy atom. The van der Waals surface area contributed by atoms with Gasteiger partial charge in [0.2, 0.25) is 11.8 Å². The fourth-order valence-electron chi connectivity index (χ4n) is 3.26. The van der Waals surface area contributed by atoms with E-state index in [1.165, 1.54) is 4.90 Å². The van der Waals surface area contributed by atoms with Crippen LogP contribution in [0.25, 0.3) is 11.1 Å². The highest BCUT2D eigenvalue weighted by Crippen LogP contribution is 2.26. The summed E-state index contributed by atoms with van der Waals surface area (Å²) in [5.41, 5.74) is 2.88. The first kappa shape index (κ1) is 19.3. The van der Waals surface area contributed by atoms with Crippen LogP contribution in [-0.2, 0) is 25.7 Å². The van der Waals surface area contributed by atoms with Gasteiger partial charge in [0.05, 0.1) is 0 Å². The van der Waals surface area contributed by atoms with E-state index in [-0.39, 0.29) is 19.5 Å². The number of ketones is 1.